The monoisotopic (exact) mass is 554 g/mol. The summed E-state index contributed by atoms with van der Waals surface area (Å²) in [7, 11) is 1.53. The van der Waals surface area contributed by atoms with Crippen molar-refractivity contribution in [3.63, 3.8) is 0 Å². The van der Waals surface area contributed by atoms with Crippen LogP contribution in [-0.2, 0) is 9.59 Å². The molecule has 0 spiro atoms. The maximum absolute atomic E-state index is 13.4. The van der Waals surface area contributed by atoms with Crippen LogP contribution in [0.25, 0.3) is 6.08 Å². The van der Waals surface area contributed by atoms with Crippen molar-refractivity contribution in [3.05, 3.63) is 51.1 Å². The number of esters is 1. The number of amides is 2. The van der Waals surface area contributed by atoms with Gasteiger partial charge >= 0.3 is 5.97 Å². The van der Waals surface area contributed by atoms with Gasteiger partial charge in [0, 0.05) is 0 Å². The molecule has 7 rings (SSSR count). The second-order valence-electron chi connectivity index (χ2n) is 10.4. The maximum Gasteiger partial charge on any atom is 0.317 e. The van der Waals surface area contributed by atoms with Gasteiger partial charge in [0.2, 0.25) is 0 Å². The average molecular weight is 555 g/mol. The number of nitrogens with one attached hydrogen (secondary N) is 1. The lowest BCUT2D eigenvalue weighted by atomic mass is 9.49. The fraction of sp³-hybridized carbons (Fsp3) is 0.407. The summed E-state index contributed by atoms with van der Waals surface area (Å²) >= 11 is 7.71. The number of hydrogen-bond acceptors (Lipinski definition) is 8. The average Bonchev–Trinajstić information content (AvgIpc) is 3.49. The van der Waals surface area contributed by atoms with Crippen LogP contribution in [0.4, 0.5) is 0 Å². The highest BCUT2D eigenvalue weighted by molar-refractivity contribution is 8.26. The van der Waals surface area contributed by atoms with Crippen LogP contribution < -0.4 is 14.9 Å². The van der Waals surface area contributed by atoms with Crippen molar-refractivity contribution in [1.82, 2.24) is 10.4 Å². The SMILES string of the molecule is COc1cc(/C=C2\SC(=S)N(NC(=O)c3cccs3)C2=O)ccc1OC(=O)C12CC3CC(CC(C3)C1)C2. The molecular weight excluding hydrogens is 529 g/mol. The van der Waals surface area contributed by atoms with E-state index < -0.39 is 5.91 Å². The zero-order valence-electron chi connectivity index (χ0n) is 20.2. The van der Waals surface area contributed by atoms with Crippen molar-refractivity contribution in [2.75, 3.05) is 7.11 Å². The molecule has 0 atom stereocenters. The highest BCUT2D eigenvalue weighted by atomic mass is 32.2. The lowest BCUT2D eigenvalue weighted by Crippen LogP contribution is -2.51. The molecule has 10 heteroatoms. The summed E-state index contributed by atoms with van der Waals surface area (Å²) in [5, 5.41) is 2.88. The summed E-state index contributed by atoms with van der Waals surface area (Å²) in [4.78, 5) is 39.6. The molecule has 0 unspecified atom stereocenters. The maximum atomic E-state index is 13.4. The molecular formula is C27H26N2O5S3. The topological polar surface area (TPSA) is 84.9 Å². The minimum atomic E-state index is -0.406. The molecule has 4 bridgehead atoms. The second-order valence-corrected chi connectivity index (χ2v) is 13.1. The molecule has 2 aromatic rings. The summed E-state index contributed by atoms with van der Waals surface area (Å²) in [6.45, 7) is 0. The Kier molecular flexibility index (Phi) is 6.37. The van der Waals surface area contributed by atoms with Crippen molar-refractivity contribution < 1.29 is 23.9 Å². The summed E-state index contributed by atoms with van der Waals surface area (Å²) in [5.74, 6) is 1.82. The van der Waals surface area contributed by atoms with E-state index in [1.807, 2.05) is 0 Å². The number of carbonyl (C=O) groups is 3. The molecule has 2 heterocycles. The molecule has 5 fully saturated rings. The van der Waals surface area contributed by atoms with E-state index in [0.29, 0.717) is 44.6 Å². The molecule has 1 aromatic heterocycles. The van der Waals surface area contributed by atoms with Crippen molar-refractivity contribution in [2.24, 2.45) is 23.2 Å². The largest absolute Gasteiger partial charge is 0.493 e. The molecule has 7 nitrogen and oxygen atoms in total. The minimum Gasteiger partial charge on any atom is -0.493 e. The number of benzene rings is 1. The van der Waals surface area contributed by atoms with Crippen molar-refractivity contribution >= 4 is 63.5 Å². The molecule has 1 aromatic carbocycles. The van der Waals surface area contributed by atoms with Crippen LogP contribution in [0.1, 0.15) is 53.8 Å². The van der Waals surface area contributed by atoms with Gasteiger partial charge in [-0.05, 0) is 104 Å². The van der Waals surface area contributed by atoms with E-state index in [9.17, 15) is 14.4 Å². The van der Waals surface area contributed by atoms with Crippen LogP contribution in [0.15, 0.2) is 40.6 Å². The molecule has 37 heavy (non-hydrogen) atoms. The second kappa shape index (κ2) is 9.56. The van der Waals surface area contributed by atoms with Crippen molar-refractivity contribution in [2.45, 2.75) is 38.5 Å². The van der Waals surface area contributed by atoms with Gasteiger partial charge < -0.3 is 9.47 Å². The standard InChI is InChI=1S/C27H26N2O5S3/c1-33-20-10-15(11-22-24(31)29(26(35)37-22)28-23(30)21-3-2-6-36-21)4-5-19(20)34-25(32)27-12-16-7-17(13-27)9-18(8-16)14-27/h2-6,10-11,16-18H,7-9,12-14H2,1H3,(H,28,30)/b22-11-. The Hall–Kier alpha value is -2.69. The lowest BCUT2D eigenvalue weighted by molar-refractivity contribution is -0.161. The highest BCUT2D eigenvalue weighted by Gasteiger charge is 2.55. The summed E-state index contributed by atoms with van der Waals surface area (Å²) in [6.07, 6.45) is 8.26. The van der Waals surface area contributed by atoms with Gasteiger partial charge in [-0.25, -0.2) is 0 Å². The van der Waals surface area contributed by atoms with E-state index in [1.165, 1.54) is 37.7 Å². The lowest BCUT2D eigenvalue weighted by Gasteiger charge is -2.55. The van der Waals surface area contributed by atoms with Crippen molar-refractivity contribution in [1.29, 1.82) is 0 Å². The summed E-state index contributed by atoms with van der Waals surface area (Å²) < 4.78 is 11.7. The highest BCUT2D eigenvalue weighted by Crippen LogP contribution is 2.60. The van der Waals surface area contributed by atoms with Gasteiger partial charge in [0.15, 0.2) is 15.8 Å². The molecule has 1 N–H and O–H groups in total. The number of rotatable bonds is 6. The zero-order valence-corrected chi connectivity index (χ0v) is 22.7. The quantitative estimate of drug-likeness (QED) is 0.221. The van der Waals surface area contributed by atoms with Crippen LogP contribution in [0.2, 0.25) is 0 Å². The predicted molar refractivity (Wildman–Crippen MR) is 146 cm³/mol. The van der Waals surface area contributed by atoms with Crippen LogP contribution >= 0.6 is 35.3 Å². The first kappa shape index (κ1) is 24.6. The third-order valence-electron chi connectivity index (χ3n) is 7.91. The van der Waals surface area contributed by atoms with Gasteiger partial charge in [-0.1, -0.05) is 23.9 Å². The van der Waals surface area contributed by atoms with E-state index in [1.54, 1.807) is 41.8 Å². The van der Waals surface area contributed by atoms with Gasteiger partial charge in [0.25, 0.3) is 11.8 Å². The number of thiophene rings is 1. The van der Waals surface area contributed by atoms with Crippen LogP contribution in [0, 0.1) is 23.2 Å². The van der Waals surface area contributed by atoms with Crippen LogP contribution in [0.5, 0.6) is 11.5 Å². The third-order valence-corrected chi connectivity index (χ3v) is 10.1. The first-order valence-corrected chi connectivity index (χ1v) is 14.5. The Morgan fingerprint density at radius 2 is 1.81 bits per heavy atom. The van der Waals surface area contributed by atoms with Gasteiger partial charge in [-0.15, -0.1) is 11.3 Å². The smallest absolute Gasteiger partial charge is 0.317 e. The number of thioether (sulfide) groups is 1. The number of hydrogen-bond donors (Lipinski definition) is 1. The van der Waals surface area contributed by atoms with E-state index in [-0.39, 0.29) is 21.6 Å². The number of methoxy groups -OCH3 is 1. The summed E-state index contributed by atoms with van der Waals surface area (Å²) in [5.41, 5.74) is 2.90. The van der Waals surface area contributed by atoms with Gasteiger partial charge in [-0.2, -0.15) is 5.01 Å². The predicted octanol–water partition coefficient (Wildman–Crippen LogP) is 5.42. The number of carbonyl (C=O) groups excluding carboxylic acids is 3. The molecule has 0 radical (unpaired) electrons. The Balaban J connectivity index is 1.17. The Labute approximate surface area is 228 Å². The number of thiocarbonyl (C=S) groups is 1. The Bertz CT molecular complexity index is 1280. The number of nitrogens with zero attached hydrogens (tertiary/aromatic N) is 1. The van der Waals surface area contributed by atoms with E-state index in [4.69, 9.17) is 21.7 Å². The number of ether oxygens (including phenoxy) is 2. The van der Waals surface area contributed by atoms with Crippen molar-refractivity contribution in [3.8, 4) is 11.5 Å². The third kappa shape index (κ3) is 4.59. The van der Waals surface area contributed by atoms with Gasteiger partial charge in [0.1, 0.15) is 0 Å². The van der Waals surface area contributed by atoms with E-state index in [0.717, 1.165) is 36.0 Å². The first-order chi connectivity index (χ1) is 17.8. The Morgan fingerprint density at radius 1 is 1.11 bits per heavy atom. The first-order valence-electron chi connectivity index (χ1n) is 12.4. The zero-order chi connectivity index (χ0) is 25.7. The summed E-state index contributed by atoms with van der Waals surface area (Å²) in [6, 6.07) is 8.67. The van der Waals surface area contributed by atoms with E-state index in [2.05, 4.69) is 5.43 Å². The van der Waals surface area contributed by atoms with Gasteiger partial charge in [-0.3, -0.25) is 19.8 Å². The molecule has 5 aliphatic rings. The molecule has 4 aliphatic carbocycles. The molecule has 4 saturated carbocycles. The fourth-order valence-corrected chi connectivity index (χ4v) is 8.50. The van der Waals surface area contributed by atoms with Crippen LogP contribution in [0.3, 0.4) is 0 Å². The van der Waals surface area contributed by atoms with E-state index >= 15 is 0 Å². The fourth-order valence-electron chi connectivity index (χ4n) is 6.71. The molecule has 2 amide bonds. The Morgan fingerprint density at radius 3 is 2.43 bits per heavy atom. The van der Waals surface area contributed by atoms with Gasteiger partial charge in [0.05, 0.1) is 22.3 Å². The minimum absolute atomic E-state index is 0.139. The van der Waals surface area contributed by atoms with Crippen LogP contribution in [-0.4, -0.2) is 34.2 Å². The normalized spacial score (nSPS) is 29.2. The molecule has 192 valence electrons. The number of hydrazine groups is 1. The molecule has 1 saturated heterocycles. The molecule has 1 aliphatic heterocycles.